The number of hydrogen-bond acceptors (Lipinski definition) is 6. The highest BCUT2D eigenvalue weighted by atomic mass is 16.6. The van der Waals surface area contributed by atoms with Crippen molar-refractivity contribution in [1.29, 1.82) is 0 Å². The van der Waals surface area contributed by atoms with Gasteiger partial charge in [0.05, 0.1) is 0 Å². The Morgan fingerprint density at radius 3 is 1.18 bits per heavy atom. The first-order chi connectivity index (χ1) is 28.0. The summed E-state index contributed by atoms with van der Waals surface area (Å²) in [6.45, 7) is 6.38. The Morgan fingerprint density at radius 2 is 0.719 bits per heavy atom. The average molecular weight is 795 g/mol. The number of unbranched alkanes of at least 4 members (excludes halogenated alkanes) is 18. The molecule has 1 atom stereocenters. The monoisotopic (exact) mass is 795 g/mol. The third-order valence-electron chi connectivity index (χ3n) is 9.65. The number of allylic oxidation sites excluding steroid dienone is 12. The van der Waals surface area contributed by atoms with Gasteiger partial charge in [-0.1, -0.05) is 164 Å². The van der Waals surface area contributed by atoms with Gasteiger partial charge < -0.3 is 14.2 Å². The van der Waals surface area contributed by atoms with Crippen LogP contribution in [0.3, 0.4) is 0 Å². The molecule has 0 rings (SSSR count). The van der Waals surface area contributed by atoms with Crippen LogP contribution in [0.5, 0.6) is 0 Å². The number of carbonyl (C=O) groups is 3. The van der Waals surface area contributed by atoms with Crippen molar-refractivity contribution in [2.45, 2.75) is 219 Å². The number of carbonyl (C=O) groups excluding carboxylic acids is 3. The standard InChI is InChI=1S/C51H86O6/c1-4-7-10-13-16-19-22-25-28-31-34-37-40-43-49(52)55-46-48(57-51(54)45-42-39-36-33-30-27-24-21-18-15-12-9-6-3)47-56-50(53)44-41-38-35-32-29-26-23-20-17-14-11-8-5-2/h7,10,12,15-16,19-21,23-25,28,48H,4-6,8-9,11,13-14,17-18,22,26-27,29-47H2,1-3H3/b10-7-,15-12-,19-16-,23-20-,24-21-,28-25-. The molecule has 0 aliphatic rings. The van der Waals surface area contributed by atoms with Gasteiger partial charge in [0.15, 0.2) is 6.10 Å². The lowest BCUT2D eigenvalue weighted by molar-refractivity contribution is -0.167. The molecule has 326 valence electrons. The molecule has 0 fully saturated rings. The largest absolute Gasteiger partial charge is 0.462 e. The molecule has 0 heterocycles. The van der Waals surface area contributed by atoms with Crippen LogP contribution < -0.4 is 0 Å². The van der Waals surface area contributed by atoms with Crippen LogP contribution in [-0.2, 0) is 28.6 Å². The second kappa shape index (κ2) is 45.6. The van der Waals surface area contributed by atoms with E-state index in [1.165, 1.54) is 51.4 Å². The van der Waals surface area contributed by atoms with Crippen molar-refractivity contribution in [3.8, 4) is 0 Å². The molecule has 0 radical (unpaired) electrons. The third-order valence-corrected chi connectivity index (χ3v) is 9.65. The van der Waals surface area contributed by atoms with E-state index in [-0.39, 0.29) is 31.1 Å². The summed E-state index contributed by atoms with van der Waals surface area (Å²) in [5.74, 6) is -0.954. The molecule has 1 unspecified atom stereocenters. The summed E-state index contributed by atoms with van der Waals surface area (Å²) in [7, 11) is 0. The molecule has 0 N–H and O–H groups in total. The highest BCUT2D eigenvalue weighted by Crippen LogP contribution is 2.13. The predicted octanol–water partition coefficient (Wildman–Crippen LogP) is 15.1. The zero-order chi connectivity index (χ0) is 41.5. The molecule has 0 saturated heterocycles. The van der Waals surface area contributed by atoms with Crippen LogP contribution in [0.2, 0.25) is 0 Å². The minimum absolute atomic E-state index is 0.0957. The lowest BCUT2D eigenvalue weighted by Crippen LogP contribution is -2.30. The van der Waals surface area contributed by atoms with Crippen LogP contribution in [-0.4, -0.2) is 37.2 Å². The fraction of sp³-hybridized carbons (Fsp3) is 0.706. The van der Waals surface area contributed by atoms with Crippen LogP contribution in [0.1, 0.15) is 213 Å². The SMILES string of the molecule is CC/C=C\C/C=C\C/C=C\CCCCCC(=O)OCC(COC(=O)CCCCCCC/C=C\CCCCCC)OC(=O)CCCCCCC/C=C\C/C=C\CCC. The molecule has 0 aliphatic carbocycles. The third kappa shape index (κ3) is 43.8. The van der Waals surface area contributed by atoms with E-state index in [0.717, 1.165) is 122 Å². The van der Waals surface area contributed by atoms with Crippen molar-refractivity contribution in [2.75, 3.05) is 13.2 Å². The summed E-state index contributed by atoms with van der Waals surface area (Å²) in [6.07, 6.45) is 55.9. The normalized spacial score (nSPS) is 12.7. The maximum absolute atomic E-state index is 12.7. The molecule has 6 nitrogen and oxygen atoms in total. The van der Waals surface area contributed by atoms with E-state index in [4.69, 9.17) is 14.2 Å². The topological polar surface area (TPSA) is 78.9 Å². The Bertz CT molecular complexity index is 1100. The fourth-order valence-corrected chi connectivity index (χ4v) is 6.13. The van der Waals surface area contributed by atoms with Crippen molar-refractivity contribution in [2.24, 2.45) is 0 Å². The first-order valence-electron chi connectivity index (χ1n) is 23.4. The van der Waals surface area contributed by atoms with Gasteiger partial charge in [0, 0.05) is 19.3 Å². The van der Waals surface area contributed by atoms with Gasteiger partial charge in [-0.2, -0.15) is 0 Å². The molecule has 0 amide bonds. The van der Waals surface area contributed by atoms with Crippen LogP contribution in [0.4, 0.5) is 0 Å². The van der Waals surface area contributed by atoms with Gasteiger partial charge in [0.25, 0.3) is 0 Å². The van der Waals surface area contributed by atoms with Gasteiger partial charge >= 0.3 is 17.9 Å². The van der Waals surface area contributed by atoms with E-state index in [0.29, 0.717) is 19.3 Å². The minimum atomic E-state index is -0.796. The lowest BCUT2D eigenvalue weighted by atomic mass is 10.1. The van der Waals surface area contributed by atoms with Crippen LogP contribution >= 0.6 is 0 Å². The molecule has 0 aromatic carbocycles. The molecule has 0 aromatic heterocycles. The van der Waals surface area contributed by atoms with E-state index < -0.39 is 6.10 Å². The minimum Gasteiger partial charge on any atom is -0.462 e. The van der Waals surface area contributed by atoms with Crippen molar-refractivity contribution in [1.82, 2.24) is 0 Å². The summed E-state index contributed by atoms with van der Waals surface area (Å²) < 4.78 is 16.7. The van der Waals surface area contributed by atoms with Gasteiger partial charge in [-0.05, 0) is 103 Å². The van der Waals surface area contributed by atoms with Gasteiger partial charge in [0.1, 0.15) is 13.2 Å². The molecular weight excluding hydrogens is 709 g/mol. The average Bonchev–Trinajstić information content (AvgIpc) is 3.21. The predicted molar refractivity (Wildman–Crippen MR) is 242 cm³/mol. The number of rotatable bonds is 41. The maximum Gasteiger partial charge on any atom is 0.306 e. The van der Waals surface area contributed by atoms with Gasteiger partial charge in [-0.3, -0.25) is 14.4 Å². The second-order valence-electron chi connectivity index (χ2n) is 15.3. The first-order valence-corrected chi connectivity index (χ1v) is 23.4. The molecule has 0 saturated carbocycles. The number of esters is 3. The summed E-state index contributed by atoms with van der Waals surface area (Å²) >= 11 is 0. The second-order valence-corrected chi connectivity index (χ2v) is 15.3. The molecule has 0 aromatic rings. The maximum atomic E-state index is 12.7. The molecule has 0 bridgehead atoms. The van der Waals surface area contributed by atoms with E-state index in [2.05, 4.69) is 93.7 Å². The first kappa shape index (κ1) is 53.9. The summed E-state index contributed by atoms with van der Waals surface area (Å²) in [6, 6.07) is 0. The number of hydrogen-bond donors (Lipinski definition) is 0. The lowest BCUT2D eigenvalue weighted by Gasteiger charge is -2.18. The Kier molecular flexibility index (Phi) is 43.0. The van der Waals surface area contributed by atoms with Gasteiger partial charge in [0.2, 0.25) is 0 Å². The summed E-state index contributed by atoms with van der Waals surface area (Å²) in [4.78, 5) is 37.8. The Labute approximate surface area is 351 Å². The van der Waals surface area contributed by atoms with E-state index in [1.807, 2.05) is 0 Å². The molecule has 6 heteroatoms. The zero-order valence-corrected chi connectivity index (χ0v) is 37.1. The fourth-order valence-electron chi connectivity index (χ4n) is 6.13. The Morgan fingerprint density at radius 1 is 0.368 bits per heavy atom. The van der Waals surface area contributed by atoms with Crippen LogP contribution in [0.25, 0.3) is 0 Å². The van der Waals surface area contributed by atoms with E-state index in [1.54, 1.807) is 0 Å². The van der Waals surface area contributed by atoms with E-state index in [9.17, 15) is 14.4 Å². The van der Waals surface area contributed by atoms with Crippen molar-refractivity contribution >= 4 is 17.9 Å². The van der Waals surface area contributed by atoms with E-state index >= 15 is 0 Å². The van der Waals surface area contributed by atoms with Crippen LogP contribution in [0.15, 0.2) is 72.9 Å². The van der Waals surface area contributed by atoms with Gasteiger partial charge in [-0.15, -0.1) is 0 Å². The number of ether oxygens (including phenoxy) is 3. The Balaban J connectivity index is 4.47. The van der Waals surface area contributed by atoms with Crippen molar-refractivity contribution in [3.05, 3.63) is 72.9 Å². The molecular formula is C51H86O6. The van der Waals surface area contributed by atoms with Crippen molar-refractivity contribution in [3.63, 3.8) is 0 Å². The smallest absolute Gasteiger partial charge is 0.306 e. The quantitative estimate of drug-likeness (QED) is 0.0265. The van der Waals surface area contributed by atoms with Crippen LogP contribution in [0, 0.1) is 0 Å². The van der Waals surface area contributed by atoms with Crippen molar-refractivity contribution < 1.29 is 28.6 Å². The molecule has 0 aliphatic heterocycles. The highest BCUT2D eigenvalue weighted by molar-refractivity contribution is 5.71. The summed E-state index contributed by atoms with van der Waals surface area (Å²) in [5, 5.41) is 0. The zero-order valence-electron chi connectivity index (χ0n) is 37.1. The van der Waals surface area contributed by atoms with Gasteiger partial charge in [-0.25, -0.2) is 0 Å². The molecule has 0 spiro atoms. The highest BCUT2D eigenvalue weighted by Gasteiger charge is 2.19. The Hall–Kier alpha value is -3.15. The molecule has 57 heavy (non-hydrogen) atoms. The summed E-state index contributed by atoms with van der Waals surface area (Å²) in [5.41, 5.74) is 0.